The number of aliphatic carboxylic acids is 1. The van der Waals surface area contributed by atoms with Crippen LogP contribution in [-0.4, -0.2) is 28.9 Å². The Morgan fingerprint density at radius 2 is 1.71 bits per heavy atom. The molecule has 0 saturated heterocycles. The van der Waals surface area contributed by atoms with Gasteiger partial charge < -0.3 is 9.84 Å². The van der Waals surface area contributed by atoms with Gasteiger partial charge in [-0.3, -0.25) is 10.2 Å². The summed E-state index contributed by atoms with van der Waals surface area (Å²) in [6, 6.07) is 0. The van der Waals surface area contributed by atoms with Crippen molar-refractivity contribution < 1.29 is 19.4 Å². The van der Waals surface area contributed by atoms with Crippen LogP contribution in [-0.2, 0) is 14.3 Å². The monoisotopic (exact) mass is 339 g/mol. The highest BCUT2D eigenvalue weighted by atomic mass is 16.5. The van der Waals surface area contributed by atoms with Crippen molar-refractivity contribution in [3.63, 3.8) is 0 Å². The summed E-state index contributed by atoms with van der Waals surface area (Å²) >= 11 is 0. The van der Waals surface area contributed by atoms with Crippen LogP contribution in [0.25, 0.3) is 0 Å². The number of ether oxygens (including phenoxy) is 1. The summed E-state index contributed by atoms with van der Waals surface area (Å²) in [5.41, 5.74) is 1.06. The molecule has 24 heavy (non-hydrogen) atoms. The molecule has 0 rings (SSSR count). The minimum Gasteiger partial charge on any atom is -0.479 e. The first-order valence-electron chi connectivity index (χ1n) is 9.07. The van der Waals surface area contributed by atoms with E-state index in [9.17, 15) is 9.59 Å². The van der Waals surface area contributed by atoms with Gasteiger partial charge in [-0.1, -0.05) is 45.1 Å². The zero-order valence-corrected chi connectivity index (χ0v) is 15.4. The molecule has 1 unspecified atom stereocenters. The van der Waals surface area contributed by atoms with Crippen LogP contribution in [0.3, 0.4) is 0 Å². The lowest BCUT2D eigenvalue weighted by atomic mass is 10.1. The summed E-state index contributed by atoms with van der Waals surface area (Å²) in [5.74, 6) is -1.21. The molecule has 138 valence electrons. The van der Waals surface area contributed by atoms with Crippen molar-refractivity contribution in [2.45, 2.75) is 91.1 Å². The highest BCUT2D eigenvalue weighted by molar-refractivity contribution is 5.92. The van der Waals surface area contributed by atoms with Crippen LogP contribution in [0.5, 0.6) is 0 Å². The second-order valence-corrected chi connectivity index (χ2v) is 6.28. The van der Waals surface area contributed by atoms with Gasteiger partial charge in [-0.05, 0) is 38.7 Å². The topological polar surface area (TPSA) is 87.5 Å². The normalized spacial score (nSPS) is 12.7. The predicted octanol–water partition coefficient (Wildman–Crippen LogP) is 4.89. The third kappa shape index (κ3) is 11.9. The summed E-state index contributed by atoms with van der Waals surface area (Å²) in [5, 5.41) is 16.8. The molecule has 2 N–H and O–H groups in total. The van der Waals surface area contributed by atoms with Gasteiger partial charge in [0.2, 0.25) is 0 Å². The van der Waals surface area contributed by atoms with Crippen LogP contribution in [0.2, 0.25) is 0 Å². The third-order valence-corrected chi connectivity index (χ3v) is 3.81. The number of ketones is 1. The predicted molar refractivity (Wildman–Crippen MR) is 96.5 cm³/mol. The first-order chi connectivity index (χ1) is 11.4. The maximum Gasteiger partial charge on any atom is 0.344 e. The van der Waals surface area contributed by atoms with E-state index in [1.165, 1.54) is 19.3 Å². The molecule has 0 spiro atoms. The first kappa shape index (κ1) is 22.4. The number of nitrogens with one attached hydrogen (secondary N) is 1. The number of hydrogen-bond donors (Lipinski definition) is 2. The molecule has 0 radical (unpaired) electrons. The maximum atomic E-state index is 11.9. The van der Waals surface area contributed by atoms with Crippen molar-refractivity contribution in [1.82, 2.24) is 0 Å². The Kier molecular flexibility index (Phi) is 12.8. The summed E-state index contributed by atoms with van der Waals surface area (Å²) in [6.45, 7) is 6.09. The average molecular weight is 339 g/mol. The summed E-state index contributed by atoms with van der Waals surface area (Å²) in [7, 11) is 0. The highest BCUT2D eigenvalue weighted by Crippen LogP contribution is 2.11. The van der Waals surface area contributed by atoms with E-state index in [4.69, 9.17) is 15.3 Å². The molecule has 0 aliphatic carbocycles. The van der Waals surface area contributed by atoms with Gasteiger partial charge in [-0.25, -0.2) is 4.79 Å². The Bertz CT molecular complexity index is 429. The molecule has 0 aromatic heterocycles. The van der Waals surface area contributed by atoms with E-state index in [0.717, 1.165) is 31.3 Å². The van der Waals surface area contributed by atoms with Crippen molar-refractivity contribution in [3.05, 3.63) is 11.6 Å². The van der Waals surface area contributed by atoms with Gasteiger partial charge >= 0.3 is 5.97 Å². The van der Waals surface area contributed by atoms with Gasteiger partial charge in [0, 0.05) is 12.8 Å². The number of allylic oxidation sites excluding steroid dienone is 2. The maximum absolute atomic E-state index is 11.9. The number of carboxylic acid groups (broad SMARTS) is 1. The highest BCUT2D eigenvalue weighted by Gasteiger charge is 2.20. The quantitative estimate of drug-likeness (QED) is 0.204. The van der Waals surface area contributed by atoms with E-state index in [0.29, 0.717) is 6.42 Å². The molecule has 0 aliphatic heterocycles. The molecule has 0 saturated carbocycles. The van der Waals surface area contributed by atoms with Crippen LogP contribution in [0.4, 0.5) is 0 Å². The fourth-order valence-electron chi connectivity index (χ4n) is 2.34. The van der Waals surface area contributed by atoms with E-state index in [-0.39, 0.29) is 24.5 Å². The van der Waals surface area contributed by atoms with E-state index >= 15 is 0 Å². The van der Waals surface area contributed by atoms with Gasteiger partial charge in [-0.2, -0.15) is 0 Å². The first-order valence-corrected chi connectivity index (χ1v) is 9.07. The molecular weight excluding hydrogens is 306 g/mol. The van der Waals surface area contributed by atoms with E-state index < -0.39 is 12.1 Å². The van der Waals surface area contributed by atoms with Gasteiger partial charge in [0.1, 0.15) is 0 Å². The zero-order valence-electron chi connectivity index (χ0n) is 15.4. The van der Waals surface area contributed by atoms with Crippen LogP contribution >= 0.6 is 0 Å². The Labute approximate surface area is 146 Å². The van der Waals surface area contributed by atoms with E-state index in [1.54, 1.807) is 6.08 Å². The largest absolute Gasteiger partial charge is 0.479 e. The smallest absolute Gasteiger partial charge is 0.344 e. The molecule has 1 atom stereocenters. The molecule has 0 aliphatic rings. The Balaban J connectivity index is 4.14. The number of rotatable bonds is 14. The molecule has 0 heterocycles. The standard InChI is InChI=1S/C19H33NO4/c1-4-6-8-9-10-15(3)14-16(21)12-13-18(20)24-17(19(22)23)11-7-5-2/h14,17,20H,4-13H2,1-3H3,(H,22,23)/b15-14-,20-18?. The minimum absolute atomic E-state index is 0.0308. The number of carboxylic acids is 1. The zero-order chi connectivity index (χ0) is 18.4. The molecule has 0 bridgehead atoms. The van der Waals surface area contributed by atoms with Crippen molar-refractivity contribution in [3.8, 4) is 0 Å². The lowest BCUT2D eigenvalue weighted by Crippen LogP contribution is -2.26. The molecular formula is C19H33NO4. The number of carbonyl (C=O) groups excluding carboxylic acids is 1. The van der Waals surface area contributed by atoms with E-state index in [2.05, 4.69) is 6.92 Å². The number of carbonyl (C=O) groups is 2. The number of hydrogen-bond acceptors (Lipinski definition) is 4. The Morgan fingerprint density at radius 1 is 1.04 bits per heavy atom. The van der Waals surface area contributed by atoms with Crippen LogP contribution < -0.4 is 0 Å². The second kappa shape index (κ2) is 13.8. The summed E-state index contributed by atoms with van der Waals surface area (Å²) in [4.78, 5) is 23.0. The van der Waals surface area contributed by atoms with Crippen molar-refractivity contribution in [1.29, 1.82) is 5.41 Å². The van der Waals surface area contributed by atoms with Gasteiger partial charge in [0.05, 0.1) is 0 Å². The average Bonchev–Trinajstić information content (AvgIpc) is 2.53. The summed E-state index contributed by atoms with van der Waals surface area (Å²) < 4.78 is 5.17. The van der Waals surface area contributed by atoms with Crippen LogP contribution in [0.1, 0.15) is 85.0 Å². The van der Waals surface area contributed by atoms with Gasteiger partial charge in [-0.15, -0.1) is 0 Å². The Morgan fingerprint density at radius 3 is 2.29 bits per heavy atom. The van der Waals surface area contributed by atoms with Crippen LogP contribution in [0.15, 0.2) is 11.6 Å². The van der Waals surface area contributed by atoms with Crippen molar-refractivity contribution in [2.75, 3.05) is 0 Å². The van der Waals surface area contributed by atoms with Gasteiger partial charge in [0.15, 0.2) is 17.8 Å². The fraction of sp³-hybridized carbons (Fsp3) is 0.737. The summed E-state index contributed by atoms with van der Waals surface area (Å²) in [6.07, 6.45) is 8.62. The van der Waals surface area contributed by atoms with Crippen molar-refractivity contribution in [2.24, 2.45) is 0 Å². The minimum atomic E-state index is -1.05. The van der Waals surface area contributed by atoms with Crippen LogP contribution in [0, 0.1) is 5.41 Å². The molecule has 0 aromatic rings. The molecule has 0 amide bonds. The van der Waals surface area contributed by atoms with Crippen molar-refractivity contribution >= 4 is 17.7 Å². The molecule has 5 heteroatoms. The second-order valence-electron chi connectivity index (χ2n) is 6.28. The lowest BCUT2D eigenvalue weighted by molar-refractivity contribution is -0.146. The Hall–Kier alpha value is -1.65. The third-order valence-electron chi connectivity index (χ3n) is 3.81. The fourth-order valence-corrected chi connectivity index (χ4v) is 2.34. The van der Waals surface area contributed by atoms with E-state index in [1.807, 2.05) is 13.8 Å². The SMILES string of the molecule is CCCCCC/C(C)=C\C(=O)CCC(=N)OC(CCCC)C(=O)O. The lowest BCUT2D eigenvalue weighted by Gasteiger charge is -2.14. The molecule has 0 aromatic carbocycles. The molecule has 5 nitrogen and oxygen atoms in total. The molecule has 0 fully saturated rings. The van der Waals surface area contributed by atoms with Gasteiger partial charge in [0.25, 0.3) is 0 Å². The number of unbranched alkanes of at least 4 members (excludes halogenated alkanes) is 4.